The van der Waals surface area contributed by atoms with Gasteiger partial charge in [0.1, 0.15) is 0 Å². The van der Waals surface area contributed by atoms with E-state index >= 15 is 0 Å². The Labute approximate surface area is 132 Å². The monoisotopic (exact) mass is 317 g/mol. The second-order valence-electron chi connectivity index (χ2n) is 6.27. The highest BCUT2D eigenvalue weighted by Crippen LogP contribution is 2.33. The quantitative estimate of drug-likeness (QED) is 0.938. The average molecular weight is 317 g/mol. The summed E-state index contributed by atoms with van der Waals surface area (Å²) in [6.45, 7) is 0.701. The molecular weight excluding hydrogens is 294 g/mol. The van der Waals surface area contributed by atoms with Crippen LogP contribution in [0.4, 0.5) is 0 Å². The van der Waals surface area contributed by atoms with Crippen LogP contribution in [0.2, 0.25) is 0 Å². The topological polar surface area (TPSA) is 60.2 Å². The maximum absolute atomic E-state index is 12.9. The SMILES string of the molecule is NCCC1CCC(S(=O)(=O)c2ccc3ccccc3c2)CC1. The Morgan fingerprint density at radius 1 is 0.955 bits per heavy atom. The van der Waals surface area contributed by atoms with Crippen LogP contribution in [0.15, 0.2) is 47.4 Å². The molecule has 1 saturated carbocycles. The van der Waals surface area contributed by atoms with Crippen molar-refractivity contribution in [2.45, 2.75) is 42.2 Å². The number of benzene rings is 2. The van der Waals surface area contributed by atoms with E-state index in [0.29, 0.717) is 17.4 Å². The number of rotatable bonds is 4. The molecule has 2 aromatic carbocycles. The zero-order valence-electron chi connectivity index (χ0n) is 12.7. The first-order valence-corrected chi connectivity index (χ1v) is 9.58. The highest BCUT2D eigenvalue weighted by atomic mass is 32.2. The summed E-state index contributed by atoms with van der Waals surface area (Å²) in [6.07, 6.45) is 4.51. The molecule has 2 aromatic rings. The van der Waals surface area contributed by atoms with Crippen LogP contribution in [-0.2, 0) is 9.84 Å². The minimum atomic E-state index is -3.22. The molecule has 0 bridgehead atoms. The summed E-state index contributed by atoms with van der Waals surface area (Å²) in [5.74, 6) is 0.605. The number of hydrogen-bond donors (Lipinski definition) is 1. The van der Waals surface area contributed by atoms with Gasteiger partial charge < -0.3 is 5.73 Å². The first kappa shape index (κ1) is 15.5. The van der Waals surface area contributed by atoms with Crippen LogP contribution in [0.1, 0.15) is 32.1 Å². The van der Waals surface area contributed by atoms with Crippen molar-refractivity contribution >= 4 is 20.6 Å². The van der Waals surface area contributed by atoms with E-state index in [4.69, 9.17) is 5.73 Å². The Kier molecular flexibility index (Phi) is 4.50. The normalized spacial score (nSPS) is 22.8. The summed E-state index contributed by atoms with van der Waals surface area (Å²) >= 11 is 0. The molecule has 0 aliphatic heterocycles. The zero-order chi connectivity index (χ0) is 15.6. The van der Waals surface area contributed by atoms with Crippen LogP contribution >= 0.6 is 0 Å². The maximum atomic E-state index is 12.9. The van der Waals surface area contributed by atoms with Crippen molar-refractivity contribution in [3.05, 3.63) is 42.5 Å². The van der Waals surface area contributed by atoms with Gasteiger partial charge in [0, 0.05) is 0 Å². The fourth-order valence-electron chi connectivity index (χ4n) is 3.50. The second-order valence-corrected chi connectivity index (χ2v) is 8.50. The van der Waals surface area contributed by atoms with Gasteiger partial charge in [0.2, 0.25) is 0 Å². The molecule has 1 aliphatic rings. The number of sulfone groups is 1. The first-order valence-electron chi connectivity index (χ1n) is 8.04. The van der Waals surface area contributed by atoms with E-state index in [9.17, 15) is 8.42 Å². The lowest BCUT2D eigenvalue weighted by atomic mass is 9.87. The summed E-state index contributed by atoms with van der Waals surface area (Å²) in [4.78, 5) is 0.466. The predicted octanol–water partition coefficient (Wildman–Crippen LogP) is 3.52. The number of hydrogen-bond acceptors (Lipinski definition) is 3. The van der Waals surface area contributed by atoms with Crippen molar-refractivity contribution in [3.8, 4) is 0 Å². The molecule has 0 radical (unpaired) electrons. The minimum Gasteiger partial charge on any atom is -0.330 e. The molecule has 0 heterocycles. The second kappa shape index (κ2) is 6.39. The first-order chi connectivity index (χ1) is 10.6. The lowest BCUT2D eigenvalue weighted by Crippen LogP contribution is -2.28. The van der Waals surface area contributed by atoms with E-state index < -0.39 is 9.84 Å². The van der Waals surface area contributed by atoms with Gasteiger partial charge in [0.05, 0.1) is 10.1 Å². The van der Waals surface area contributed by atoms with Gasteiger partial charge in [-0.3, -0.25) is 0 Å². The molecule has 0 saturated heterocycles. The number of fused-ring (bicyclic) bond motifs is 1. The molecule has 118 valence electrons. The molecule has 0 spiro atoms. The fourth-order valence-corrected chi connectivity index (χ4v) is 5.33. The molecular formula is C18H23NO2S. The molecule has 0 amide bonds. The van der Waals surface area contributed by atoms with Gasteiger partial charge in [-0.05, 0) is 67.5 Å². The van der Waals surface area contributed by atoms with E-state index in [1.54, 1.807) is 6.07 Å². The van der Waals surface area contributed by atoms with Gasteiger partial charge in [-0.25, -0.2) is 8.42 Å². The Morgan fingerprint density at radius 3 is 2.32 bits per heavy atom. The lowest BCUT2D eigenvalue weighted by molar-refractivity contribution is 0.342. The zero-order valence-corrected chi connectivity index (χ0v) is 13.6. The Hall–Kier alpha value is -1.39. The Bertz CT molecular complexity index is 747. The van der Waals surface area contributed by atoms with Crippen molar-refractivity contribution in [2.24, 2.45) is 11.7 Å². The van der Waals surface area contributed by atoms with Crippen LogP contribution in [0.3, 0.4) is 0 Å². The third kappa shape index (κ3) is 3.03. The molecule has 0 unspecified atom stereocenters. The molecule has 22 heavy (non-hydrogen) atoms. The van der Waals surface area contributed by atoms with Crippen LogP contribution in [0.5, 0.6) is 0 Å². The smallest absolute Gasteiger partial charge is 0.181 e. The highest BCUT2D eigenvalue weighted by Gasteiger charge is 2.31. The predicted molar refractivity (Wildman–Crippen MR) is 90.6 cm³/mol. The van der Waals surface area contributed by atoms with Gasteiger partial charge in [-0.1, -0.05) is 30.3 Å². The Morgan fingerprint density at radius 2 is 1.64 bits per heavy atom. The van der Waals surface area contributed by atoms with Gasteiger partial charge in [-0.15, -0.1) is 0 Å². The van der Waals surface area contributed by atoms with Gasteiger partial charge in [0.15, 0.2) is 9.84 Å². The summed E-state index contributed by atoms with van der Waals surface area (Å²) in [5.41, 5.74) is 5.61. The molecule has 1 aliphatic carbocycles. The number of nitrogens with two attached hydrogens (primary N) is 1. The molecule has 1 fully saturated rings. The maximum Gasteiger partial charge on any atom is 0.181 e. The van der Waals surface area contributed by atoms with Crippen LogP contribution in [-0.4, -0.2) is 20.2 Å². The van der Waals surface area contributed by atoms with Crippen molar-refractivity contribution in [1.29, 1.82) is 0 Å². The van der Waals surface area contributed by atoms with E-state index in [2.05, 4.69) is 0 Å². The average Bonchev–Trinajstić information content (AvgIpc) is 2.55. The molecule has 3 rings (SSSR count). The molecule has 2 N–H and O–H groups in total. The van der Waals surface area contributed by atoms with Crippen LogP contribution < -0.4 is 5.73 Å². The summed E-state index contributed by atoms with van der Waals surface area (Å²) in [5, 5.41) is 1.83. The van der Waals surface area contributed by atoms with Crippen molar-refractivity contribution in [2.75, 3.05) is 6.54 Å². The summed E-state index contributed by atoms with van der Waals surface area (Å²) in [7, 11) is -3.22. The van der Waals surface area contributed by atoms with Crippen LogP contribution in [0.25, 0.3) is 10.8 Å². The van der Waals surface area contributed by atoms with Gasteiger partial charge in [-0.2, -0.15) is 0 Å². The fraction of sp³-hybridized carbons (Fsp3) is 0.444. The van der Waals surface area contributed by atoms with Gasteiger partial charge in [0.25, 0.3) is 0 Å². The largest absolute Gasteiger partial charge is 0.330 e. The van der Waals surface area contributed by atoms with E-state index in [1.165, 1.54) is 0 Å². The minimum absolute atomic E-state index is 0.234. The molecule has 3 nitrogen and oxygen atoms in total. The lowest BCUT2D eigenvalue weighted by Gasteiger charge is -2.28. The Balaban J connectivity index is 1.82. The van der Waals surface area contributed by atoms with Crippen molar-refractivity contribution < 1.29 is 8.42 Å². The molecule has 0 atom stereocenters. The van der Waals surface area contributed by atoms with E-state index in [-0.39, 0.29) is 5.25 Å². The van der Waals surface area contributed by atoms with E-state index in [0.717, 1.165) is 42.9 Å². The van der Waals surface area contributed by atoms with E-state index in [1.807, 2.05) is 36.4 Å². The van der Waals surface area contributed by atoms with Crippen LogP contribution in [0, 0.1) is 5.92 Å². The van der Waals surface area contributed by atoms with Crippen molar-refractivity contribution in [3.63, 3.8) is 0 Å². The highest BCUT2D eigenvalue weighted by molar-refractivity contribution is 7.92. The molecule has 4 heteroatoms. The summed E-state index contributed by atoms with van der Waals surface area (Å²) < 4.78 is 25.7. The third-order valence-corrected chi connectivity index (χ3v) is 7.12. The standard InChI is InChI=1S/C18H23NO2S/c19-12-11-14-5-8-17(9-6-14)22(20,21)18-10-7-15-3-1-2-4-16(15)13-18/h1-4,7,10,13-14,17H,5-6,8-9,11-12,19H2. The van der Waals surface area contributed by atoms with Crippen molar-refractivity contribution in [1.82, 2.24) is 0 Å². The third-order valence-electron chi connectivity index (χ3n) is 4.86. The molecule has 0 aromatic heterocycles. The summed E-state index contributed by atoms with van der Waals surface area (Å²) in [6, 6.07) is 13.4. The van der Waals surface area contributed by atoms with Gasteiger partial charge >= 0.3 is 0 Å².